The Hall–Kier alpha value is -2.15. The van der Waals surface area contributed by atoms with Crippen molar-refractivity contribution < 1.29 is 8.42 Å². The number of aryl methyl sites for hydroxylation is 1. The highest BCUT2D eigenvalue weighted by atomic mass is 35.5. The van der Waals surface area contributed by atoms with Crippen LogP contribution in [0, 0.1) is 6.92 Å². The van der Waals surface area contributed by atoms with E-state index in [1.165, 1.54) is 6.20 Å². The summed E-state index contributed by atoms with van der Waals surface area (Å²) in [7, 11) is -3.59. The number of anilines is 2. The molecule has 1 aliphatic heterocycles. The van der Waals surface area contributed by atoms with Gasteiger partial charge in [0.15, 0.2) is 0 Å². The van der Waals surface area contributed by atoms with Crippen molar-refractivity contribution in [3.63, 3.8) is 0 Å². The second-order valence-electron chi connectivity index (χ2n) is 7.07. The summed E-state index contributed by atoms with van der Waals surface area (Å²) in [5.74, 6) is 0.610. The summed E-state index contributed by atoms with van der Waals surface area (Å²) >= 11 is 6.08. The number of halogens is 1. The van der Waals surface area contributed by atoms with E-state index in [1.807, 2.05) is 43.3 Å². The minimum atomic E-state index is -3.59. The molecule has 1 aliphatic rings. The third-order valence-corrected chi connectivity index (χ3v) is 7.25. The fourth-order valence-corrected chi connectivity index (χ4v) is 5.61. The van der Waals surface area contributed by atoms with Crippen LogP contribution in [0.2, 0.25) is 5.02 Å². The summed E-state index contributed by atoms with van der Waals surface area (Å²) in [5, 5.41) is 5.38. The van der Waals surface area contributed by atoms with Crippen LogP contribution in [0.1, 0.15) is 24.8 Å². The average molecular weight is 416 g/mol. The molecule has 0 spiro atoms. The van der Waals surface area contributed by atoms with E-state index in [4.69, 9.17) is 11.6 Å². The quantitative estimate of drug-likeness (QED) is 0.642. The summed E-state index contributed by atoms with van der Waals surface area (Å²) < 4.78 is 28.2. The molecule has 146 valence electrons. The predicted octanol–water partition coefficient (Wildman–Crippen LogP) is 5.11. The number of aromatic nitrogens is 1. The molecule has 4 rings (SSSR count). The van der Waals surface area contributed by atoms with Gasteiger partial charge in [-0.05, 0) is 43.5 Å². The maximum absolute atomic E-state index is 13.3. The van der Waals surface area contributed by atoms with Gasteiger partial charge in [0.2, 0.25) is 10.0 Å². The van der Waals surface area contributed by atoms with E-state index < -0.39 is 10.0 Å². The van der Waals surface area contributed by atoms with Crippen LogP contribution in [0.15, 0.2) is 53.6 Å². The molecule has 28 heavy (non-hydrogen) atoms. The van der Waals surface area contributed by atoms with Crippen molar-refractivity contribution in [1.82, 2.24) is 9.29 Å². The van der Waals surface area contributed by atoms with E-state index in [9.17, 15) is 8.42 Å². The summed E-state index contributed by atoms with van der Waals surface area (Å²) in [5.41, 5.74) is 1.71. The molecule has 0 unspecified atom stereocenters. The smallest absolute Gasteiger partial charge is 0.245 e. The van der Waals surface area contributed by atoms with Crippen molar-refractivity contribution in [1.29, 1.82) is 0 Å². The first-order valence-corrected chi connectivity index (χ1v) is 11.2. The van der Waals surface area contributed by atoms with E-state index in [2.05, 4.69) is 10.3 Å². The minimum Gasteiger partial charge on any atom is -0.340 e. The van der Waals surface area contributed by atoms with Crippen molar-refractivity contribution >= 4 is 43.9 Å². The molecule has 1 saturated heterocycles. The van der Waals surface area contributed by atoms with Crippen molar-refractivity contribution in [2.45, 2.75) is 31.1 Å². The van der Waals surface area contributed by atoms with Crippen molar-refractivity contribution in [2.24, 2.45) is 0 Å². The summed E-state index contributed by atoms with van der Waals surface area (Å²) in [4.78, 5) is 4.75. The van der Waals surface area contributed by atoms with Crippen LogP contribution in [-0.2, 0) is 10.0 Å². The number of pyridine rings is 1. The lowest BCUT2D eigenvalue weighted by Crippen LogP contribution is -2.35. The Morgan fingerprint density at radius 2 is 1.82 bits per heavy atom. The molecule has 2 heterocycles. The highest BCUT2D eigenvalue weighted by Crippen LogP contribution is 2.34. The molecule has 5 nitrogen and oxygen atoms in total. The Bertz CT molecular complexity index is 1130. The zero-order valence-electron chi connectivity index (χ0n) is 15.7. The van der Waals surface area contributed by atoms with Gasteiger partial charge in [-0.1, -0.05) is 42.3 Å². The molecule has 0 radical (unpaired) electrons. The van der Waals surface area contributed by atoms with Crippen LogP contribution in [-0.4, -0.2) is 30.8 Å². The van der Waals surface area contributed by atoms with Gasteiger partial charge in [0.25, 0.3) is 0 Å². The molecule has 1 fully saturated rings. The molecular formula is C21H22ClN3O2S. The molecule has 0 atom stereocenters. The van der Waals surface area contributed by atoms with Gasteiger partial charge in [-0.15, -0.1) is 0 Å². The van der Waals surface area contributed by atoms with Gasteiger partial charge in [0.05, 0.1) is 0 Å². The van der Waals surface area contributed by atoms with Gasteiger partial charge in [0, 0.05) is 40.8 Å². The number of hydrogen-bond donors (Lipinski definition) is 1. The van der Waals surface area contributed by atoms with Crippen molar-refractivity contribution in [3.05, 3.63) is 59.2 Å². The number of hydrogen-bond acceptors (Lipinski definition) is 4. The van der Waals surface area contributed by atoms with E-state index >= 15 is 0 Å². The Balaban J connectivity index is 1.84. The zero-order valence-corrected chi connectivity index (χ0v) is 17.2. The van der Waals surface area contributed by atoms with E-state index in [0.717, 1.165) is 35.9 Å². The van der Waals surface area contributed by atoms with Gasteiger partial charge in [-0.2, -0.15) is 4.31 Å². The number of benzene rings is 2. The number of nitrogens with one attached hydrogen (secondary N) is 1. The maximum atomic E-state index is 13.3. The molecular weight excluding hydrogens is 394 g/mol. The molecule has 0 aliphatic carbocycles. The Morgan fingerprint density at radius 3 is 2.57 bits per heavy atom. The Kier molecular flexibility index (Phi) is 5.27. The SMILES string of the molecule is Cc1cccc2c(Nc3cccc(Cl)c3)ncc(S(=O)(=O)N3CCCCC3)c12. The predicted molar refractivity (Wildman–Crippen MR) is 114 cm³/mol. The highest BCUT2D eigenvalue weighted by Gasteiger charge is 2.29. The van der Waals surface area contributed by atoms with Crippen LogP contribution in [0.4, 0.5) is 11.5 Å². The van der Waals surface area contributed by atoms with Crippen LogP contribution < -0.4 is 5.32 Å². The van der Waals surface area contributed by atoms with E-state index in [1.54, 1.807) is 10.4 Å². The van der Waals surface area contributed by atoms with Crippen LogP contribution >= 0.6 is 11.6 Å². The van der Waals surface area contributed by atoms with Crippen molar-refractivity contribution in [2.75, 3.05) is 18.4 Å². The lowest BCUT2D eigenvalue weighted by atomic mass is 10.1. The van der Waals surface area contributed by atoms with E-state index in [-0.39, 0.29) is 4.90 Å². The third-order valence-electron chi connectivity index (χ3n) is 5.11. The normalized spacial score (nSPS) is 15.6. The maximum Gasteiger partial charge on any atom is 0.245 e. The average Bonchev–Trinajstić information content (AvgIpc) is 2.69. The fraction of sp³-hybridized carbons (Fsp3) is 0.286. The fourth-order valence-electron chi connectivity index (χ4n) is 3.69. The topological polar surface area (TPSA) is 62.3 Å². The monoisotopic (exact) mass is 415 g/mol. The Labute approximate surface area is 170 Å². The number of nitrogens with zero attached hydrogens (tertiary/aromatic N) is 2. The van der Waals surface area contributed by atoms with Gasteiger partial charge < -0.3 is 5.32 Å². The summed E-state index contributed by atoms with van der Waals surface area (Å²) in [6, 6.07) is 13.1. The second-order valence-corrected chi connectivity index (χ2v) is 9.41. The lowest BCUT2D eigenvalue weighted by molar-refractivity contribution is 0.347. The number of rotatable bonds is 4. The van der Waals surface area contributed by atoms with Crippen LogP contribution in [0.3, 0.4) is 0 Å². The summed E-state index contributed by atoms with van der Waals surface area (Å²) in [6.45, 7) is 3.07. The molecule has 1 N–H and O–H groups in total. The Morgan fingerprint density at radius 1 is 1.07 bits per heavy atom. The highest BCUT2D eigenvalue weighted by molar-refractivity contribution is 7.89. The second kappa shape index (κ2) is 7.70. The minimum absolute atomic E-state index is 0.277. The zero-order chi connectivity index (χ0) is 19.7. The number of sulfonamides is 1. The molecule has 3 aromatic rings. The van der Waals surface area contributed by atoms with Crippen molar-refractivity contribution in [3.8, 4) is 0 Å². The van der Waals surface area contributed by atoms with Crippen LogP contribution in [0.25, 0.3) is 10.8 Å². The van der Waals surface area contributed by atoms with Gasteiger partial charge in [0.1, 0.15) is 10.7 Å². The van der Waals surface area contributed by atoms with Gasteiger partial charge >= 0.3 is 0 Å². The standard InChI is InChI=1S/C21H22ClN3O2S/c1-15-7-5-10-18-20(15)19(28(26,27)25-11-3-2-4-12-25)14-23-21(18)24-17-9-6-8-16(22)13-17/h5-10,13-14H,2-4,11-12H2,1H3,(H,23,24). The van der Waals surface area contributed by atoms with Crippen LogP contribution in [0.5, 0.6) is 0 Å². The molecule has 0 saturated carbocycles. The number of piperidine rings is 1. The number of fused-ring (bicyclic) bond motifs is 1. The first-order valence-electron chi connectivity index (χ1n) is 9.38. The first kappa shape index (κ1) is 19.2. The van der Waals surface area contributed by atoms with Gasteiger partial charge in [-0.3, -0.25) is 0 Å². The molecule has 7 heteroatoms. The third kappa shape index (κ3) is 3.60. The van der Waals surface area contributed by atoms with Gasteiger partial charge in [-0.25, -0.2) is 13.4 Å². The molecule has 0 amide bonds. The molecule has 2 aromatic carbocycles. The largest absolute Gasteiger partial charge is 0.340 e. The molecule has 1 aromatic heterocycles. The van der Waals surface area contributed by atoms with E-state index in [0.29, 0.717) is 29.3 Å². The summed E-state index contributed by atoms with van der Waals surface area (Å²) in [6.07, 6.45) is 4.36. The first-order chi connectivity index (χ1) is 13.5. The molecule has 0 bridgehead atoms. The lowest BCUT2D eigenvalue weighted by Gasteiger charge is -2.26.